The third-order valence-electron chi connectivity index (χ3n) is 5.65. The highest BCUT2D eigenvalue weighted by Gasteiger charge is 2.13. The molecule has 174 valence electrons. The average molecular weight is 448 g/mol. The number of H-pyrrole nitrogens is 1. The molecule has 0 spiro atoms. The van der Waals surface area contributed by atoms with Crippen molar-refractivity contribution in [1.29, 1.82) is 0 Å². The number of nitrogens with one attached hydrogen (secondary N) is 1. The molecule has 0 bridgehead atoms. The smallest absolute Gasteiger partial charge is 0.277 e. The third-order valence-corrected chi connectivity index (χ3v) is 5.65. The molecule has 1 amide bonds. The summed E-state index contributed by atoms with van der Waals surface area (Å²) in [5, 5.41) is 1.19. The van der Waals surface area contributed by atoms with Crippen LogP contribution in [0, 0.1) is 12.3 Å². The Morgan fingerprint density at radius 3 is 2.42 bits per heavy atom. The number of ether oxygens (including phenoxy) is 1. The number of nitrogens with zero attached hydrogens (tertiary/aromatic N) is 2. The van der Waals surface area contributed by atoms with E-state index in [-0.39, 0.29) is 5.91 Å². The predicted molar refractivity (Wildman–Crippen MR) is 132 cm³/mol. The van der Waals surface area contributed by atoms with E-state index in [1.807, 2.05) is 30.3 Å². The van der Waals surface area contributed by atoms with Crippen LogP contribution in [-0.4, -0.2) is 41.7 Å². The van der Waals surface area contributed by atoms with Gasteiger partial charge in [-0.25, -0.2) is 10.0 Å². The Kier molecular flexibility index (Phi) is 9.34. The number of rotatable bonds is 13. The zero-order valence-corrected chi connectivity index (χ0v) is 19.6. The topological polar surface area (TPSA) is 67.4 Å². The SMILES string of the molecule is C#CCCCCCCCCCOc1ccc(-c2nc3ccc(C(=O)N(C)OC)cc3[nH]2)cc1. The Balaban J connectivity index is 1.47. The quantitative estimate of drug-likeness (QED) is 0.198. The van der Waals surface area contributed by atoms with Crippen LogP contribution in [-0.2, 0) is 4.84 Å². The number of hydrogen-bond acceptors (Lipinski definition) is 4. The molecule has 0 aliphatic heterocycles. The Morgan fingerprint density at radius 1 is 1.03 bits per heavy atom. The summed E-state index contributed by atoms with van der Waals surface area (Å²) in [6.07, 6.45) is 14.6. The van der Waals surface area contributed by atoms with Gasteiger partial charge in [-0.2, -0.15) is 0 Å². The van der Waals surface area contributed by atoms with Crippen molar-refractivity contribution in [3.8, 4) is 29.5 Å². The highest BCUT2D eigenvalue weighted by atomic mass is 16.7. The first kappa shape index (κ1) is 24.3. The maximum Gasteiger partial charge on any atom is 0.277 e. The molecule has 1 heterocycles. The standard InChI is InChI=1S/C27H33N3O3/c1-4-5-6-7-8-9-10-11-12-19-33-23-16-13-21(14-17-23)26-28-24-18-15-22(20-25(24)29-26)27(31)30(2)32-3/h1,13-18,20H,5-12,19H2,2-3H3,(H,28,29). The van der Waals surface area contributed by atoms with Gasteiger partial charge in [-0.3, -0.25) is 9.63 Å². The number of hydroxylamine groups is 2. The first-order valence-electron chi connectivity index (χ1n) is 11.6. The number of carbonyl (C=O) groups excluding carboxylic acids is 1. The van der Waals surface area contributed by atoms with Crippen molar-refractivity contribution in [3.05, 3.63) is 48.0 Å². The van der Waals surface area contributed by atoms with Crippen molar-refractivity contribution in [2.75, 3.05) is 20.8 Å². The van der Waals surface area contributed by atoms with Gasteiger partial charge in [0.1, 0.15) is 11.6 Å². The van der Waals surface area contributed by atoms with Crippen LogP contribution < -0.4 is 4.74 Å². The van der Waals surface area contributed by atoms with Crippen molar-refractivity contribution in [1.82, 2.24) is 15.0 Å². The largest absolute Gasteiger partial charge is 0.494 e. The maximum absolute atomic E-state index is 12.3. The number of terminal acetylenes is 1. The Bertz CT molecular complexity index is 1070. The molecule has 1 aromatic heterocycles. The summed E-state index contributed by atoms with van der Waals surface area (Å²) in [6, 6.07) is 13.3. The maximum atomic E-state index is 12.3. The number of fused-ring (bicyclic) bond motifs is 1. The average Bonchev–Trinajstić information content (AvgIpc) is 3.28. The van der Waals surface area contributed by atoms with Crippen molar-refractivity contribution >= 4 is 16.9 Å². The van der Waals surface area contributed by atoms with Crippen LogP contribution in [0.5, 0.6) is 5.75 Å². The van der Waals surface area contributed by atoms with E-state index in [0.29, 0.717) is 5.56 Å². The molecular weight excluding hydrogens is 414 g/mol. The molecule has 1 N–H and O–H groups in total. The number of unbranched alkanes of at least 4 members (excludes halogenated alkanes) is 7. The zero-order chi connectivity index (χ0) is 23.5. The second-order valence-corrected chi connectivity index (χ2v) is 8.10. The second kappa shape index (κ2) is 12.7. The molecule has 0 unspecified atom stereocenters. The number of carbonyl (C=O) groups is 1. The molecule has 0 aliphatic carbocycles. The van der Waals surface area contributed by atoms with Crippen molar-refractivity contribution in [2.45, 2.75) is 51.4 Å². The van der Waals surface area contributed by atoms with Gasteiger partial charge in [-0.05, 0) is 55.3 Å². The summed E-state index contributed by atoms with van der Waals surface area (Å²) in [5.74, 6) is 4.10. The molecule has 6 nitrogen and oxygen atoms in total. The first-order valence-corrected chi connectivity index (χ1v) is 11.6. The fraction of sp³-hybridized carbons (Fsp3) is 0.407. The minimum atomic E-state index is -0.211. The molecule has 0 radical (unpaired) electrons. The molecule has 6 heteroatoms. The van der Waals surface area contributed by atoms with E-state index in [4.69, 9.17) is 16.0 Å². The van der Waals surface area contributed by atoms with E-state index in [0.717, 1.165) is 54.0 Å². The number of imidazole rings is 1. The van der Waals surface area contributed by atoms with Crippen LogP contribution in [0.2, 0.25) is 0 Å². The summed E-state index contributed by atoms with van der Waals surface area (Å²) in [5.41, 5.74) is 3.11. The van der Waals surface area contributed by atoms with Crippen LogP contribution in [0.25, 0.3) is 22.4 Å². The van der Waals surface area contributed by atoms with Crippen molar-refractivity contribution < 1.29 is 14.4 Å². The van der Waals surface area contributed by atoms with E-state index >= 15 is 0 Å². The molecule has 0 atom stereocenters. The van der Waals surface area contributed by atoms with Gasteiger partial charge in [0.05, 0.1) is 24.8 Å². The molecule has 33 heavy (non-hydrogen) atoms. The molecule has 0 saturated heterocycles. The first-order chi connectivity index (χ1) is 16.1. The van der Waals surface area contributed by atoms with Gasteiger partial charge in [-0.1, -0.05) is 32.1 Å². The highest BCUT2D eigenvalue weighted by Crippen LogP contribution is 2.24. The van der Waals surface area contributed by atoms with E-state index in [1.54, 1.807) is 19.2 Å². The minimum Gasteiger partial charge on any atom is -0.494 e. The van der Waals surface area contributed by atoms with E-state index < -0.39 is 0 Å². The van der Waals surface area contributed by atoms with Crippen molar-refractivity contribution in [2.24, 2.45) is 0 Å². The van der Waals surface area contributed by atoms with E-state index in [2.05, 4.69) is 15.9 Å². The molecule has 0 aliphatic rings. The summed E-state index contributed by atoms with van der Waals surface area (Å²) < 4.78 is 5.88. The summed E-state index contributed by atoms with van der Waals surface area (Å²) in [4.78, 5) is 25.2. The van der Waals surface area contributed by atoms with Crippen LogP contribution >= 0.6 is 0 Å². The minimum absolute atomic E-state index is 0.211. The lowest BCUT2D eigenvalue weighted by molar-refractivity contribution is -0.0756. The predicted octanol–water partition coefficient (Wildman–Crippen LogP) is 6.00. The summed E-state index contributed by atoms with van der Waals surface area (Å²) >= 11 is 0. The summed E-state index contributed by atoms with van der Waals surface area (Å²) in [7, 11) is 3.04. The van der Waals surface area contributed by atoms with Crippen LogP contribution in [0.3, 0.4) is 0 Å². The number of aromatic amines is 1. The monoisotopic (exact) mass is 447 g/mol. The highest BCUT2D eigenvalue weighted by molar-refractivity contribution is 5.97. The van der Waals surface area contributed by atoms with Gasteiger partial charge < -0.3 is 9.72 Å². The number of benzene rings is 2. The van der Waals surface area contributed by atoms with Gasteiger partial charge in [0.25, 0.3) is 5.91 Å². The lowest BCUT2D eigenvalue weighted by Gasteiger charge is -2.13. The Hall–Kier alpha value is -3.30. The lowest BCUT2D eigenvalue weighted by atomic mass is 10.1. The Morgan fingerprint density at radius 2 is 1.73 bits per heavy atom. The van der Waals surface area contributed by atoms with Gasteiger partial charge in [-0.15, -0.1) is 12.3 Å². The van der Waals surface area contributed by atoms with Gasteiger partial charge in [0.2, 0.25) is 0 Å². The zero-order valence-electron chi connectivity index (χ0n) is 19.6. The number of amides is 1. The molecule has 3 aromatic rings. The molecule has 0 saturated carbocycles. The molecule has 2 aromatic carbocycles. The second-order valence-electron chi connectivity index (χ2n) is 8.10. The fourth-order valence-electron chi connectivity index (χ4n) is 3.66. The van der Waals surface area contributed by atoms with Gasteiger partial charge in [0.15, 0.2) is 0 Å². The Labute approximate surface area is 196 Å². The van der Waals surface area contributed by atoms with E-state index in [1.165, 1.54) is 44.3 Å². The van der Waals surface area contributed by atoms with Gasteiger partial charge >= 0.3 is 0 Å². The molecule has 3 rings (SSSR count). The van der Waals surface area contributed by atoms with Crippen LogP contribution in [0.4, 0.5) is 0 Å². The van der Waals surface area contributed by atoms with Crippen LogP contribution in [0.15, 0.2) is 42.5 Å². The molecule has 0 fully saturated rings. The normalized spacial score (nSPS) is 10.8. The van der Waals surface area contributed by atoms with E-state index in [9.17, 15) is 4.79 Å². The number of hydrogen-bond donors (Lipinski definition) is 1. The van der Waals surface area contributed by atoms with Gasteiger partial charge in [0, 0.05) is 24.6 Å². The lowest BCUT2D eigenvalue weighted by Crippen LogP contribution is -2.25. The van der Waals surface area contributed by atoms with Crippen molar-refractivity contribution in [3.63, 3.8) is 0 Å². The number of aromatic nitrogens is 2. The fourth-order valence-corrected chi connectivity index (χ4v) is 3.66. The van der Waals surface area contributed by atoms with Crippen LogP contribution in [0.1, 0.15) is 61.7 Å². The summed E-state index contributed by atoms with van der Waals surface area (Å²) in [6.45, 7) is 0.730. The third kappa shape index (κ3) is 7.10. The molecular formula is C27H33N3O3.